The van der Waals surface area contributed by atoms with Crippen molar-refractivity contribution in [2.24, 2.45) is 0 Å². The average molecular weight is 266 g/mol. The Balaban J connectivity index is 2.02. The van der Waals surface area contributed by atoms with Crippen molar-refractivity contribution in [3.05, 3.63) is 23.8 Å². The van der Waals surface area contributed by atoms with E-state index < -0.39 is 0 Å². The van der Waals surface area contributed by atoms with E-state index in [1.54, 1.807) is 0 Å². The Morgan fingerprint density at radius 2 is 2.33 bits per heavy atom. The van der Waals surface area contributed by atoms with Gasteiger partial charge in [0.15, 0.2) is 6.61 Å². The summed E-state index contributed by atoms with van der Waals surface area (Å²) in [6.07, 6.45) is 1.07. The smallest absolute Gasteiger partial charge is 0.262 e. The molecule has 0 radical (unpaired) electrons. The van der Waals surface area contributed by atoms with Crippen molar-refractivity contribution in [1.29, 1.82) is 0 Å². The minimum atomic E-state index is -0.0944. The molecule has 0 saturated carbocycles. The lowest BCUT2D eigenvalue weighted by molar-refractivity contribution is -0.118. The van der Waals surface area contributed by atoms with Crippen LogP contribution >= 0.6 is 12.6 Å². The van der Waals surface area contributed by atoms with Gasteiger partial charge in [-0.25, -0.2) is 0 Å². The van der Waals surface area contributed by atoms with Crippen molar-refractivity contribution in [3.8, 4) is 5.75 Å². The molecule has 1 heterocycles. The van der Waals surface area contributed by atoms with Gasteiger partial charge >= 0.3 is 0 Å². The largest absolute Gasteiger partial charge is 0.482 e. The van der Waals surface area contributed by atoms with Gasteiger partial charge in [0.2, 0.25) is 0 Å². The maximum atomic E-state index is 11.2. The predicted molar refractivity (Wildman–Crippen MR) is 75.4 cm³/mol. The summed E-state index contributed by atoms with van der Waals surface area (Å²) < 4.78 is 5.32. The summed E-state index contributed by atoms with van der Waals surface area (Å²) in [6.45, 7) is 1.98. The average Bonchev–Trinajstić information content (AvgIpc) is 2.36. The lowest BCUT2D eigenvalue weighted by Crippen LogP contribution is -2.25. The number of rotatable bonds is 5. The van der Waals surface area contributed by atoms with E-state index in [9.17, 15) is 4.79 Å². The number of fused-ring (bicyclic) bond motifs is 1. The fourth-order valence-corrected chi connectivity index (χ4v) is 2.10. The summed E-state index contributed by atoms with van der Waals surface area (Å²) in [5.41, 5.74) is 1.94. The Bertz CT molecular complexity index is 437. The second-order valence-electron chi connectivity index (χ2n) is 4.48. The zero-order chi connectivity index (χ0) is 13.0. The predicted octanol–water partition coefficient (Wildman–Crippen LogP) is 1.77. The van der Waals surface area contributed by atoms with Gasteiger partial charge < -0.3 is 15.0 Å². The van der Waals surface area contributed by atoms with Crippen molar-refractivity contribution in [2.75, 3.05) is 31.3 Å². The van der Waals surface area contributed by atoms with Crippen LogP contribution in [0.4, 0.5) is 5.69 Å². The number of nitrogens with zero attached hydrogens (tertiary/aromatic N) is 1. The third-order valence-electron chi connectivity index (χ3n) is 2.83. The molecular formula is C13H18N2O2S. The SMILES string of the molecule is CN(CCCS)Cc1ccc2c(c1)NC(=O)CO2. The molecule has 0 saturated heterocycles. The van der Waals surface area contributed by atoms with Gasteiger partial charge in [-0.3, -0.25) is 4.79 Å². The Morgan fingerprint density at radius 3 is 3.11 bits per heavy atom. The van der Waals surface area contributed by atoms with E-state index in [4.69, 9.17) is 4.74 Å². The van der Waals surface area contributed by atoms with Crippen LogP contribution in [0.3, 0.4) is 0 Å². The van der Waals surface area contributed by atoms with Gasteiger partial charge in [0.1, 0.15) is 5.75 Å². The first-order valence-corrected chi connectivity index (χ1v) is 6.67. The lowest BCUT2D eigenvalue weighted by Gasteiger charge is -2.20. The van der Waals surface area contributed by atoms with Crippen molar-refractivity contribution in [3.63, 3.8) is 0 Å². The normalized spacial score (nSPS) is 14.1. The highest BCUT2D eigenvalue weighted by molar-refractivity contribution is 7.80. The van der Waals surface area contributed by atoms with Crippen LogP contribution < -0.4 is 10.1 Å². The molecule has 0 aromatic heterocycles. The third-order valence-corrected chi connectivity index (χ3v) is 3.14. The van der Waals surface area contributed by atoms with Gasteiger partial charge in [-0.1, -0.05) is 6.07 Å². The second kappa shape index (κ2) is 6.11. The highest BCUT2D eigenvalue weighted by Gasteiger charge is 2.16. The molecule has 0 bridgehead atoms. The van der Waals surface area contributed by atoms with E-state index in [0.717, 1.165) is 36.7 Å². The van der Waals surface area contributed by atoms with Crippen molar-refractivity contribution in [2.45, 2.75) is 13.0 Å². The number of hydrogen-bond acceptors (Lipinski definition) is 4. The quantitative estimate of drug-likeness (QED) is 0.798. The zero-order valence-corrected chi connectivity index (χ0v) is 11.4. The molecule has 5 heteroatoms. The summed E-state index contributed by atoms with van der Waals surface area (Å²) in [4.78, 5) is 13.5. The van der Waals surface area contributed by atoms with E-state index in [-0.39, 0.29) is 12.5 Å². The van der Waals surface area contributed by atoms with Crippen LogP contribution in [0.2, 0.25) is 0 Å². The number of anilines is 1. The fraction of sp³-hybridized carbons (Fsp3) is 0.462. The van der Waals surface area contributed by atoms with E-state index in [1.165, 1.54) is 5.56 Å². The highest BCUT2D eigenvalue weighted by Crippen LogP contribution is 2.28. The van der Waals surface area contributed by atoms with Gasteiger partial charge in [0.25, 0.3) is 5.91 Å². The monoisotopic (exact) mass is 266 g/mol. The van der Waals surface area contributed by atoms with Crippen LogP contribution in [0, 0.1) is 0 Å². The Kier molecular flexibility index (Phi) is 4.49. The molecule has 1 aliphatic rings. The zero-order valence-electron chi connectivity index (χ0n) is 10.5. The van der Waals surface area contributed by atoms with Crippen molar-refractivity contribution >= 4 is 24.2 Å². The van der Waals surface area contributed by atoms with Crippen molar-refractivity contribution < 1.29 is 9.53 Å². The summed E-state index contributed by atoms with van der Waals surface area (Å²) in [5, 5.41) is 2.82. The number of nitrogens with one attached hydrogen (secondary N) is 1. The summed E-state index contributed by atoms with van der Waals surface area (Å²) in [6, 6.07) is 5.92. The molecule has 1 amide bonds. The third kappa shape index (κ3) is 3.40. The number of ether oxygens (including phenoxy) is 1. The molecule has 1 aromatic rings. The van der Waals surface area contributed by atoms with Crippen LogP contribution in [-0.4, -0.2) is 36.8 Å². The minimum Gasteiger partial charge on any atom is -0.482 e. The summed E-state index contributed by atoms with van der Waals surface area (Å²) in [5.74, 6) is 1.55. The molecule has 0 atom stereocenters. The van der Waals surface area contributed by atoms with Crippen LogP contribution in [-0.2, 0) is 11.3 Å². The first kappa shape index (κ1) is 13.2. The van der Waals surface area contributed by atoms with E-state index in [2.05, 4.69) is 29.9 Å². The van der Waals surface area contributed by atoms with Gasteiger partial charge in [-0.15, -0.1) is 0 Å². The molecule has 4 nitrogen and oxygen atoms in total. The number of carbonyl (C=O) groups is 1. The second-order valence-corrected chi connectivity index (χ2v) is 4.93. The molecule has 1 aromatic carbocycles. The molecule has 2 rings (SSSR count). The number of amides is 1. The lowest BCUT2D eigenvalue weighted by atomic mass is 10.1. The number of hydrogen-bond donors (Lipinski definition) is 2. The fourth-order valence-electron chi connectivity index (χ4n) is 1.96. The Hall–Kier alpha value is -1.20. The van der Waals surface area contributed by atoms with Crippen LogP contribution in [0.1, 0.15) is 12.0 Å². The molecule has 98 valence electrons. The summed E-state index contributed by atoms with van der Waals surface area (Å²) in [7, 11) is 2.08. The highest BCUT2D eigenvalue weighted by atomic mass is 32.1. The Labute approximate surface area is 113 Å². The molecule has 1 aliphatic heterocycles. The van der Waals surface area contributed by atoms with Crippen LogP contribution in [0.5, 0.6) is 5.75 Å². The number of thiol groups is 1. The van der Waals surface area contributed by atoms with E-state index in [1.807, 2.05) is 18.2 Å². The molecule has 1 N–H and O–H groups in total. The van der Waals surface area contributed by atoms with E-state index >= 15 is 0 Å². The van der Waals surface area contributed by atoms with Crippen molar-refractivity contribution in [1.82, 2.24) is 4.90 Å². The standard InChI is InChI=1S/C13H18N2O2S/c1-15(5-2-6-18)8-10-3-4-12-11(7-10)14-13(16)9-17-12/h3-4,7,18H,2,5-6,8-9H2,1H3,(H,14,16). The topological polar surface area (TPSA) is 41.6 Å². The van der Waals surface area contributed by atoms with Crippen LogP contribution in [0.25, 0.3) is 0 Å². The number of benzene rings is 1. The molecule has 0 spiro atoms. The first-order chi connectivity index (χ1) is 8.69. The number of carbonyl (C=O) groups excluding carboxylic acids is 1. The Morgan fingerprint density at radius 1 is 1.50 bits per heavy atom. The first-order valence-electron chi connectivity index (χ1n) is 6.04. The maximum absolute atomic E-state index is 11.2. The van der Waals surface area contributed by atoms with Gasteiger partial charge in [0, 0.05) is 6.54 Å². The van der Waals surface area contributed by atoms with Gasteiger partial charge in [0.05, 0.1) is 5.69 Å². The molecule has 0 unspecified atom stereocenters. The molecular weight excluding hydrogens is 248 g/mol. The minimum absolute atomic E-state index is 0.0944. The van der Waals surface area contributed by atoms with Gasteiger partial charge in [-0.05, 0) is 43.5 Å². The maximum Gasteiger partial charge on any atom is 0.262 e. The van der Waals surface area contributed by atoms with Crippen LogP contribution in [0.15, 0.2) is 18.2 Å². The van der Waals surface area contributed by atoms with Gasteiger partial charge in [-0.2, -0.15) is 12.6 Å². The molecule has 18 heavy (non-hydrogen) atoms. The summed E-state index contributed by atoms with van der Waals surface area (Å²) >= 11 is 4.21. The molecule has 0 aliphatic carbocycles. The molecule has 0 fully saturated rings. The van der Waals surface area contributed by atoms with E-state index in [0.29, 0.717) is 0 Å².